The monoisotopic (exact) mass is 185 g/mol. The number of carboxylic acid groups (broad SMARTS) is 1. The number of nitrogens with one attached hydrogen (secondary N) is 1. The molecule has 0 saturated carbocycles. The van der Waals surface area contributed by atoms with Gasteiger partial charge in [-0.3, -0.25) is 9.59 Å². The van der Waals surface area contributed by atoms with Crippen LogP contribution in [0.5, 0.6) is 0 Å². The Balaban J connectivity index is 2.42. The van der Waals surface area contributed by atoms with Gasteiger partial charge in [-0.05, 0) is 0 Å². The molecule has 1 saturated heterocycles. The summed E-state index contributed by atoms with van der Waals surface area (Å²) in [5, 5.41) is 10.9. The molecule has 1 aromatic rings. The Morgan fingerprint density at radius 3 is 2.62 bits per heavy atom. The summed E-state index contributed by atoms with van der Waals surface area (Å²) in [7, 11) is 0. The Labute approximate surface area is 72.1 Å². The van der Waals surface area contributed by atoms with Gasteiger partial charge in [0.2, 0.25) is 0 Å². The predicted octanol–water partition coefficient (Wildman–Crippen LogP) is -0.679. The van der Waals surface area contributed by atoms with E-state index in [1.807, 2.05) is 5.16 Å². The van der Waals surface area contributed by atoms with Crippen molar-refractivity contribution in [1.29, 1.82) is 0 Å². The topological polar surface area (TPSA) is 92.5 Å². The lowest BCUT2D eigenvalue weighted by atomic mass is 9.83. The second kappa shape index (κ2) is 2.46. The van der Waals surface area contributed by atoms with Crippen molar-refractivity contribution in [2.24, 2.45) is 0 Å². The normalized spacial score (nSPS) is 19.4. The first kappa shape index (κ1) is 8.06. The van der Waals surface area contributed by atoms with Crippen LogP contribution in [0.1, 0.15) is 5.76 Å². The molecule has 1 aliphatic rings. The average Bonchev–Trinajstić information content (AvgIpc) is 2.32. The molecule has 1 fully saturated rings. The fourth-order valence-electron chi connectivity index (χ4n) is 1.20. The number of aromatic amines is 1. The Kier molecular flexibility index (Phi) is 1.53. The second-order valence-corrected chi connectivity index (χ2v) is 2.96. The molecule has 13 heavy (non-hydrogen) atoms. The van der Waals surface area contributed by atoms with Crippen LogP contribution in [0.2, 0.25) is 0 Å². The fraction of sp³-hybridized carbons (Fsp3) is 0.429. The van der Waals surface area contributed by atoms with E-state index in [4.69, 9.17) is 14.4 Å². The van der Waals surface area contributed by atoms with Crippen LogP contribution < -0.4 is 5.56 Å². The number of hydrogen-bond donors (Lipinski definition) is 2. The van der Waals surface area contributed by atoms with E-state index < -0.39 is 16.9 Å². The summed E-state index contributed by atoms with van der Waals surface area (Å²) < 4.78 is 9.54. The van der Waals surface area contributed by atoms with E-state index in [0.29, 0.717) is 0 Å². The number of hydrogen-bond acceptors (Lipinski definition) is 4. The Morgan fingerprint density at radius 1 is 1.62 bits per heavy atom. The lowest BCUT2D eigenvalue weighted by Crippen LogP contribution is -2.52. The van der Waals surface area contributed by atoms with E-state index >= 15 is 0 Å². The fourth-order valence-corrected chi connectivity index (χ4v) is 1.20. The van der Waals surface area contributed by atoms with Gasteiger partial charge in [-0.15, -0.1) is 0 Å². The Bertz CT molecular complexity index is 386. The average molecular weight is 185 g/mol. The standard InChI is InChI=1S/C7H7NO5/c9-5-1-4(13-8-5)7(6(10)11)2-12-3-7/h1H,2-3H2,(H,8,9)(H,10,11). The van der Waals surface area contributed by atoms with Gasteiger partial charge in [-0.25, -0.2) is 0 Å². The van der Waals surface area contributed by atoms with Gasteiger partial charge < -0.3 is 14.4 Å². The van der Waals surface area contributed by atoms with E-state index in [1.54, 1.807) is 0 Å². The summed E-state index contributed by atoms with van der Waals surface area (Å²) in [5.74, 6) is -0.919. The smallest absolute Gasteiger partial charge is 0.322 e. The van der Waals surface area contributed by atoms with Gasteiger partial charge in [-0.2, -0.15) is 5.16 Å². The third kappa shape index (κ3) is 0.988. The summed E-state index contributed by atoms with van der Waals surface area (Å²) >= 11 is 0. The van der Waals surface area contributed by atoms with Crippen LogP contribution in [0.25, 0.3) is 0 Å². The molecule has 2 N–H and O–H groups in total. The van der Waals surface area contributed by atoms with Crippen molar-refractivity contribution in [2.45, 2.75) is 5.41 Å². The third-order valence-electron chi connectivity index (χ3n) is 2.10. The lowest BCUT2D eigenvalue weighted by Gasteiger charge is -2.34. The molecule has 1 aliphatic heterocycles. The van der Waals surface area contributed by atoms with Gasteiger partial charge in [0.1, 0.15) is 0 Å². The molecule has 0 radical (unpaired) electrons. The zero-order chi connectivity index (χ0) is 9.47. The van der Waals surface area contributed by atoms with Crippen molar-refractivity contribution in [2.75, 3.05) is 13.2 Å². The molecule has 1 aromatic heterocycles. The number of carbonyl (C=O) groups is 1. The molecule has 0 atom stereocenters. The number of H-pyrrole nitrogens is 1. The molecule has 0 aliphatic carbocycles. The quantitative estimate of drug-likeness (QED) is 0.636. The highest BCUT2D eigenvalue weighted by Crippen LogP contribution is 2.31. The maximum atomic E-state index is 10.9. The van der Waals surface area contributed by atoms with Crippen molar-refractivity contribution < 1.29 is 19.2 Å². The van der Waals surface area contributed by atoms with E-state index in [1.165, 1.54) is 0 Å². The summed E-state index contributed by atoms with van der Waals surface area (Å²) in [4.78, 5) is 21.6. The minimum Gasteiger partial charge on any atom is -0.480 e. The molecule has 0 unspecified atom stereocenters. The van der Waals surface area contributed by atoms with Crippen LogP contribution in [0.4, 0.5) is 0 Å². The zero-order valence-corrected chi connectivity index (χ0v) is 6.57. The molecule has 0 aromatic carbocycles. The lowest BCUT2D eigenvalue weighted by molar-refractivity contribution is -0.165. The molecule has 0 amide bonds. The Morgan fingerprint density at radius 2 is 2.31 bits per heavy atom. The van der Waals surface area contributed by atoms with Crippen LogP contribution in [-0.2, 0) is 14.9 Å². The van der Waals surface area contributed by atoms with Gasteiger partial charge in [0.15, 0.2) is 11.2 Å². The Hall–Kier alpha value is -1.56. The molecular weight excluding hydrogens is 178 g/mol. The van der Waals surface area contributed by atoms with Gasteiger partial charge in [-0.1, -0.05) is 0 Å². The van der Waals surface area contributed by atoms with Crippen molar-refractivity contribution >= 4 is 5.97 Å². The van der Waals surface area contributed by atoms with Gasteiger partial charge in [0.25, 0.3) is 5.56 Å². The zero-order valence-electron chi connectivity index (χ0n) is 6.57. The maximum absolute atomic E-state index is 10.9. The largest absolute Gasteiger partial charge is 0.480 e. The molecule has 6 nitrogen and oxygen atoms in total. The molecule has 6 heteroatoms. The first-order valence-electron chi connectivity index (χ1n) is 3.65. The first-order chi connectivity index (χ1) is 6.15. The molecule has 70 valence electrons. The van der Waals surface area contributed by atoms with Crippen molar-refractivity contribution in [3.05, 3.63) is 22.2 Å². The minimum absolute atomic E-state index is 0.0448. The highest BCUT2D eigenvalue weighted by molar-refractivity contribution is 5.81. The highest BCUT2D eigenvalue weighted by atomic mass is 16.5. The van der Waals surface area contributed by atoms with Gasteiger partial charge >= 0.3 is 5.97 Å². The van der Waals surface area contributed by atoms with Gasteiger partial charge in [0.05, 0.1) is 13.2 Å². The number of rotatable bonds is 2. The summed E-state index contributed by atoms with van der Waals surface area (Å²) in [5.41, 5.74) is -1.61. The van der Waals surface area contributed by atoms with E-state index in [2.05, 4.69) is 0 Å². The predicted molar refractivity (Wildman–Crippen MR) is 39.5 cm³/mol. The maximum Gasteiger partial charge on any atom is 0.322 e. The summed E-state index contributed by atoms with van der Waals surface area (Å²) in [6.07, 6.45) is 0. The highest BCUT2D eigenvalue weighted by Gasteiger charge is 2.51. The van der Waals surface area contributed by atoms with Crippen LogP contribution >= 0.6 is 0 Å². The van der Waals surface area contributed by atoms with Crippen LogP contribution in [0.3, 0.4) is 0 Å². The van der Waals surface area contributed by atoms with Crippen LogP contribution in [-0.4, -0.2) is 29.4 Å². The van der Waals surface area contributed by atoms with Crippen LogP contribution in [0, 0.1) is 0 Å². The third-order valence-corrected chi connectivity index (χ3v) is 2.10. The van der Waals surface area contributed by atoms with Crippen LogP contribution in [0.15, 0.2) is 15.4 Å². The van der Waals surface area contributed by atoms with E-state index in [0.717, 1.165) is 6.07 Å². The molecule has 2 rings (SSSR count). The SMILES string of the molecule is O=C(O)C1(c2cc(=O)[nH]o2)COC1. The van der Waals surface area contributed by atoms with Crippen molar-refractivity contribution in [3.8, 4) is 0 Å². The number of carboxylic acids is 1. The minimum atomic E-state index is -1.17. The van der Waals surface area contributed by atoms with E-state index in [9.17, 15) is 9.59 Å². The molecule has 2 heterocycles. The second-order valence-electron chi connectivity index (χ2n) is 2.96. The number of ether oxygens (including phenoxy) is 1. The molecule has 0 bridgehead atoms. The molecular formula is C7H7NO5. The first-order valence-corrected chi connectivity index (χ1v) is 3.65. The van der Waals surface area contributed by atoms with Gasteiger partial charge in [0, 0.05) is 6.07 Å². The van der Waals surface area contributed by atoms with Crippen molar-refractivity contribution in [3.63, 3.8) is 0 Å². The number of aromatic nitrogens is 1. The summed E-state index contributed by atoms with van der Waals surface area (Å²) in [6, 6.07) is 1.14. The van der Waals surface area contributed by atoms with Crippen molar-refractivity contribution in [1.82, 2.24) is 5.16 Å². The van der Waals surface area contributed by atoms with E-state index in [-0.39, 0.29) is 19.0 Å². The summed E-state index contributed by atoms with van der Waals surface area (Å²) in [6.45, 7) is 0.0895. The molecule has 0 spiro atoms. The number of aliphatic carboxylic acids is 1.